The van der Waals surface area contributed by atoms with Crippen molar-refractivity contribution >= 4 is 28.3 Å². The molecule has 1 fully saturated rings. The summed E-state index contributed by atoms with van der Waals surface area (Å²) in [4.78, 5) is 15.9. The lowest BCUT2D eigenvalue weighted by Gasteiger charge is -2.34. The SMILES string of the molecule is COc1ccc(S(=O)(=O)N2CCNCC2c2nccn2C)cc1C(N)=O.Cl. The number of nitrogens with zero attached hydrogens (tertiary/aromatic N) is 3. The highest BCUT2D eigenvalue weighted by Crippen LogP contribution is 2.30. The molecule has 1 saturated heterocycles. The first-order chi connectivity index (χ1) is 12.4. The van der Waals surface area contributed by atoms with Crippen molar-refractivity contribution in [3.8, 4) is 5.75 Å². The minimum Gasteiger partial charge on any atom is -0.496 e. The van der Waals surface area contributed by atoms with Crippen molar-refractivity contribution in [2.75, 3.05) is 26.7 Å². The number of hydrogen-bond acceptors (Lipinski definition) is 6. The van der Waals surface area contributed by atoms with E-state index in [2.05, 4.69) is 10.3 Å². The van der Waals surface area contributed by atoms with E-state index >= 15 is 0 Å². The highest BCUT2D eigenvalue weighted by Gasteiger charge is 2.36. The fourth-order valence-corrected chi connectivity index (χ4v) is 4.68. The number of ether oxygens (including phenoxy) is 1. The Kier molecular flexibility index (Phi) is 6.47. The molecular weight excluding hydrogens is 394 g/mol. The molecule has 0 radical (unpaired) electrons. The normalized spacial score (nSPS) is 17.9. The number of nitrogens with one attached hydrogen (secondary N) is 1. The molecule has 0 bridgehead atoms. The number of halogens is 1. The van der Waals surface area contributed by atoms with Crippen molar-refractivity contribution in [1.82, 2.24) is 19.2 Å². The van der Waals surface area contributed by atoms with Gasteiger partial charge in [-0.3, -0.25) is 4.79 Å². The lowest BCUT2D eigenvalue weighted by Crippen LogP contribution is -2.49. The summed E-state index contributed by atoms with van der Waals surface area (Å²) in [5.74, 6) is 0.127. The molecule has 1 aliphatic rings. The predicted octanol–water partition coefficient (Wildman–Crippen LogP) is 0.285. The van der Waals surface area contributed by atoms with E-state index in [1.54, 1.807) is 17.0 Å². The number of amides is 1. The fourth-order valence-electron chi connectivity index (χ4n) is 3.07. The van der Waals surface area contributed by atoms with Gasteiger partial charge in [-0.1, -0.05) is 0 Å². The summed E-state index contributed by atoms with van der Waals surface area (Å²) >= 11 is 0. The Morgan fingerprint density at radius 1 is 1.41 bits per heavy atom. The number of piperazine rings is 1. The number of carbonyl (C=O) groups is 1. The summed E-state index contributed by atoms with van der Waals surface area (Å²) in [7, 11) is -0.646. The van der Waals surface area contributed by atoms with E-state index < -0.39 is 22.0 Å². The van der Waals surface area contributed by atoms with Crippen molar-refractivity contribution in [2.24, 2.45) is 12.8 Å². The monoisotopic (exact) mass is 415 g/mol. The first-order valence-corrected chi connectivity index (χ1v) is 9.48. The van der Waals surface area contributed by atoms with Gasteiger partial charge in [-0.15, -0.1) is 12.4 Å². The zero-order chi connectivity index (χ0) is 18.9. The Labute approximate surface area is 164 Å². The van der Waals surface area contributed by atoms with Crippen molar-refractivity contribution in [1.29, 1.82) is 0 Å². The van der Waals surface area contributed by atoms with E-state index in [0.29, 0.717) is 18.9 Å². The lowest BCUT2D eigenvalue weighted by molar-refractivity contribution is 0.0997. The Bertz CT molecular complexity index is 931. The molecule has 1 unspecified atom stereocenters. The molecule has 2 aromatic rings. The first-order valence-electron chi connectivity index (χ1n) is 8.04. The van der Waals surface area contributed by atoms with Gasteiger partial charge in [0.05, 0.1) is 23.6 Å². The maximum absolute atomic E-state index is 13.2. The zero-order valence-electron chi connectivity index (χ0n) is 15.0. The smallest absolute Gasteiger partial charge is 0.252 e. The maximum atomic E-state index is 13.2. The van der Waals surface area contributed by atoms with Crippen molar-refractivity contribution in [3.05, 3.63) is 42.0 Å². The van der Waals surface area contributed by atoms with Crippen LogP contribution < -0.4 is 15.8 Å². The van der Waals surface area contributed by atoms with E-state index in [1.807, 2.05) is 7.05 Å². The number of rotatable bonds is 5. The van der Waals surface area contributed by atoms with Crippen LogP contribution in [-0.4, -0.2) is 54.9 Å². The molecule has 2 heterocycles. The van der Waals surface area contributed by atoms with Crippen LogP contribution in [0.3, 0.4) is 0 Å². The first kappa shape index (κ1) is 21.2. The van der Waals surface area contributed by atoms with Crippen LogP contribution in [0.15, 0.2) is 35.5 Å². The van der Waals surface area contributed by atoms with Crippen LogP contribution in [0.25, 0.3) is 0 Å². The molecule has 3 rings (SSSR count). The summed E-state index contributed by atoms with van der Waals surface area (Å²) in [5, 5.41) is 3.20. The minimum absolute atomic E-state index is 0. The summed E-state index contributed by atoms with van der Waals surface area (Å²) in [6.07, 6.45) is 3.40. The Balaban J connectivity index is 0.00000261. The van der Waals surface area contributed by atoms with Crippen molar-refractivity contribution in [3.63, 3.8) is 0 Å². The zero-order valence-corrected chi connectivity index (χ0v) is 16.6. The van der Waals surface area contributed by atoms with Gasteiger partial charge in [0, 0.05) is 39.1 Å². The maximum Gasteiger partial charge on any atom is 0.252 e. The largest absolute Gasteiger partial charge is 0.496 e. The average Bonchev–Trinajstić information content (AvgIpc) is 3.06. The molecule has 1 aromatic carbocycles. The molecule has 9 nitrogen and oxygen atoms in total. The third-order valence-electron chi connectivity index (χ3n) is 4.39. The van der Waals surface area contributed by atoms with Crippen LogP contribution in [0, 0.1) is 0 Å². The Hall–Kier alpha value is -2.14. The number of nitrogens with two attached hydrogens (primary N) is 1. The van der Waals surface area contributed by atoms with E-state index in [-0.39, 0.29) is 35.2 Å². The number of primary amides is 1. The van der Waals surface area contributed by atoms with Gasteiger partial charge in [-0.2, -0.15) is 4.31 Å². The van der Waals surface area contributed by atoms with Crippen molar-refractivity contribution in [2.45, 2.75) is 10.9 Å². The van der Waals surface area contributed by atoms with Crippen LogP contribution in [-0.2, 0) is 17.1 Å². The van der Waals surface area contributed by atoms with E-state index in [4.69, 9.17) is 10.5 Å². The standard InChI is InChI=1S/C16H21N5O4S.ClH/c1-20-7-6-19-16(20)13-10-18-5-8-21(13)26(23,24)11-3-4-14(25-2)12(9-11)15(17)22;/h3-4,6-7,9,13,18H,5,8,10H2,1-2H3,(H2,17,22);1H. The molecule has 3 N–H and O–H groups in total. The number of carbonyl (C=O) groups excluding carboxylic acids is 1. The number of sulfonamides is 1. The van der Waals surface area contributed by atoms with Crippen LogP contribution in [0.4, 0.5) is 0 Å². The molecule has 11 heteroatoms. The fraction of sp³-hybridized carbons (Fsp3) is 0.375. The second-order valence-electron chi connectivity index (χ2n) is 5.96. The minimum atomic E-state index is -3.86. The number of benzene rings is 1. The quantitative estimate of drug-likeness (QED) is 0.724. The molecule has 0 spiro atoms. The topological polar surface area (TPSA) is 120 Å². The number of methoxy groups -OCH3 is 1. The number of aromatic nitrogens is 2. The molecule has 1 amide bonds. The molecule has 1 atom stereocenters. The van der Waals surface area contributed by atoms with Gasteiger partial charge in [-0.05, 0) is 18.2 Å². The second kappa shape index (κ2) is 8.26. The molecule has 1 aromatic heterocycles. The van der Waals surface area contributed by atoms with Gasteiger partial charge in [0.2, 0.25) is 10.0 Å². The lowest BCUT2D eigenvalue weighted by atomic mass is 10.2. The van der Waals surface area contributed by atoms with E-state index in [9.17, 15) is 13.2 Å². The summed E-state index contributed by atoms with van der Waals surface area (Å²) in [5.41, 5.74) is 5.38. The van der Waals surface area contributed by atoms with Gasteiger partial charge in [0.1, 0.15) is 11.6 Å². The third kappa shape index (κ3) is 3.93. The highest BCUT2D eigenvalue weighted by atomic mass is 35.5. The van der Waals surface area contributed by atoms with Gasteiger partial charge in [0.25, 0.3) is 5.91 Å². The highest BCUT2D eigenvalue weighted by molar-refractivity contribution is 7.89. The van der Waals surface area contributed by atoms with Gasteiger partial charge in [-0.25, -0.2) is 13.4 Å². The van der Waals surface area contributed by atoms with Crippen LogP contribution in [0.5, 0.6) is 5.75 Å². The van der Waals surface area contributed by atoms with E-state index in [1.165, 1.54) is 29.6 Å². The van der Waals surface area contributed by atoms with Crippen LogP contribution in [0.1, 0.15) is 22.2 Å². The van der Waals surface area contributed by atoms with Gasteiger partial charge >= 0.3 is 0 Å². The molecule has 148 valence electrons. The van der Waals surface area contributed by atoms with Crippen LogP contribution in [0.2, 0.25) is 0 Å². The van der Waals surface area contributed by atoms with Crippen molar-refractivity contribution < 1.29 is 17.9 Å². The van der Waals surface area contributed by atoms with Gasteiger partial charge in [0.15, 0.2) is 0 Å². The Morgan fingerprint density at radius 3 is 2.74 bits per heavy atom. The molecule has 0 saturated carbocycles. The second-order valence-corrected chi connectivity index (χ2v) is 7.85. The summed E-state index contributed by atoms with van der Waals surface area (Å²) in [6.45, 7) is 1.26. The Morgan fingerprint density at radius 2 is 2.15 bits per heavy atom. The van der Waals surface area contributed by atoms with Crippen LogP contribution >= 0.6 is 12.4 Å². The summed E-state index contributed by atoms with van der Waals surface area (Å²) in [6, 6.07) is 3.66. The predicted molar refractivity (Wildman–Crippen MR) is 101 cm³/mol. The molecule has 1 aliphatic heterocycles. The van der Waals surface area contributed by atoms with E-state index in [0.717, 1.165) is 0 Å². The van der Waals surface area contributed by atoms with Gasteiger partial charge < -0.3 is 20.4 Å². The molecule has 27 heavy (non-hydrogen) atoms. The summed E-state index contributed by atoms with van der Waals surface area (Å²) < 4.78 is 34.8. The molecule has 0 aliphatic carbocycles. The third-order valence-corrected chi connectivity index (χ3v) is 6.30. The number of aryl methyl sites for hydroxylation is 1. The number of hydrogen-bond donors (Lipinski definition) is 2. The number of imidazole rings is 1. The average molecular weight is 416 g/mol. The molecular formula is C16H22ClN5O4S.